The van der Waals surface area contributed by atoms with Gasteiger partial charge in [-0.25, -0.2) is 12.7 Å². The fourth-order valence-electron chi connectivity index (χ4n) is 3.16. The number of amides is 1. The average Bonchev–Trinajstić information content (AvgIpc) is 3.28. The van der Waals surface area contributed by atoms with Gasteiger partial charge in [-0.1, -0.05) is 42.1 Å². The van der Waals surface area contributed by atoms with Gasteiger partial charge in [-0.2, -0.15) is 0 Å². The summed E-state index contributed by atoms with van der Waals surface area (Å²) >= 11 is 1.20. The fourth-order valence-corrected chi connectivity index (χ4v) is 4.96. The first-order valence-corrected chi connectivity index (χ1v) is 12.7. The Balaban J connectivity index is 1.58. The molecule has 4 rings (SSSR count). The third-order valence-corrected chi connectivity index (χ3v) is 7.62. The topological polar surface area (TPSA) is 110 Å². The summed E-state index contributed by atoms with van der Waals surface area (Å²) in [6, 6.07) is 19.6. The lowest BCUT2D eigenvalue weighted by atomic mass is 10.2. The second-order valence-electron chi connectivity index (χ2n) is 7.34. The molecule has 0 spiro atoms. The van der Waals surface area contributed by atoms with Crippen molar-refractivity contribution in [2.24, 2.45) is 0 Å². The third kappa shape index (κ3) is 5.01. The Morgan fingerprint density at radius 3 is 2.44 bits per heavy atom. The Labute approximate surface area is 201 Å². The van der Waals surface area contributed by atoms with Crippen LogP contribution in [-0.4, -0.2) is 58.2 Å². The number of carbonyl (C=O) groups excluding carboxylic acids is 1. The monoisotopic (exact) mass is 494 g/mol. The Hall–Kier alpha value is -3.54. The van der Waals surface area contributed by atoms with Gasteiger partial charge in [-0.3, -0.25) is 14.3 Å². The van der Waals surface area contributed by atoms with E-state index in [2.05, 4.69) is 20.5 Å². The Morgan fingerprint density at radius 1 is 1.00 bits per heavy atom. The standard InChI is InChI=1S/C23H22N6O3S2/c1-28(2)34(31,32)20-13-7-6-12-19(20)25-21(30)16-33-23-27-26-22(17-9-8-14-24-15-17)29(23)18-10-4-3-5-11-18/h3-15H,16H2,1-2H3,(H,25,30). The highest BCUT2D eigenvalue weighted by molar-refractivity contribution is 7.99. The van der Waals surface area contributed by atoms with Crippen LogP contribution in [0.5, 0.6) is 0 Å². The van der Waals surface area contributed by atoms with E-state index in [1.807, 2.05) is 47.0 Å². The average molecular weight is 495 g/mol. The zero-order valence-electron chi connectivity index (χ0n) is 18.5. The van der Waals surface area contributed by atoms with Crippen LogP contribution >= 0.6 is 11.8 Å². The number of thioether (sulfide) groups is 1. The van der Waals surface area contributed by atoms with Crippen LogP contribution in [0.25, 0.3) is 17.1 Å². The Bertz CT molecular complexity index is 1390. The number of nitrogens with one attached hydrogen (secondary N) is 1. The number of hydrogen-bond acceptors (Lipinski definition) is 7. The van der Waals surface area contributed by atoms with Crippen molar-refractivity contribution in [3.05, 3.63) is 79.1 Å². The molecule has 0 unspecified atom stereocenters. The van der Waals surface area contributed by atoms with Crippen molar-refractivity contribution in [2.75, 3.05) is 25.2 Å². The van der Waals surface area contributed by atoms with Crippen LogP contribution in [0.4, 0.5) is 5.69 Å². The molecule has 2 aromatic carbocycles. The van der Waals surface area contributed by atoms with E-state index in [0.717, 1.165) is 15.6 Å². The molecule has 0 radical (unpaired) electrons. The predicted octanol–water partition coefficient (Wildman–Crippen LogP) is 3.31. The summed E-state index contributed by atoms with van der Waals surface area (Å²) in [7, 11) is -0.822. The van der Waals surface area contributed by atoms with E-state index >= 15 is 0 Å². The summed E-state index contributed by atoms with van der Waals surface area (Å²) in [4.78, 5) is 16.9. The van der Waals surface area contributed by atoms with E-state index in [1.54, 1.807) is 30.6 Å². The fraction of sp³-hybridized carbons (Fsp3) is 0.130. The maximum Gasteiger partial charge on any atom is 0.244 e. The van der Waals surface area contributed by atoms with Crippen molar-refractivity contribution in [3.8, 4) is 17.1 Å². The number of para-hydroxylation sites is 2. The summed E-state index contributed by atoms with van der Waals surface area (Å²) in [5.41, 5.74) is 1.86. The maximum absolute atomic E-state index is 12.8. The number of rotatable bonds is 8. The molecule has 9 nitrogen and oxygen atoms in total. The molecule has 11 heteroatoms. The number of benzene rings is 2. The van der Waals surface area contributed by atoms with Crippen LogP contribution in [0.3, 0.4) is 0 Å². The molecule has 0 fully saturated rings. The van der Waals surface area contributed by atoms with Gasteiger partial charge in [0.2, 0.25) is 15.9 Å². The number of hydrogen-bond donors (Lipinski definition) is 1. The van der Waals surface area contributed by atoms with Crippen molar-refractivity contribution in [2.45, 2.75) is 10.1 Å². The van der Waals surface area contributed by atoms with E-state index < -0.39 is 10.0 Å². The van der Waals surface area contributed by atoms with Gasteiger partial charge < -0.3 is 5.32 Å². The van der Waals surface area contributed by atoms with Gasteiger partial charge in [-0.05, 0) is 36.4 Å². The van der Waals surface area contributed by atoms with Gasteiger partial charge >= 0.3 is 0 Å². The van der Waals surface area contributed by atoms with Crippen molar-refractivity contribution in [1.29, 1.82) is 0 Å². The van der Waals surface area contributed by atoms with E-state index in [4.69, 9.17) is 0 Å². The molecule has 174 valence electrons. The van der Waals surface area contributed by atoms with Gasteiger partial charge in [0.1, 0.15) is 4.90 Å². The number of sulfonamides is 1. The highest BCUT2D eigenvalue weighted by Crippen LogP contribution is 2.28. The van der Waals surface area contributed by atoms with E-state index in [-0.39, 0.29) is 22.2 Å². The van der Waals surface area contributed by atoms with Gasteiger partial charge in [-0.15, -0.1) is 10.2 Å². The number of aromatic nitrogens is 4. The van der Waals surface area contributed by atoms with Crippen LogP contribution in [0.15, 0.2) is 89.2 Å². The lowest BCUT2D eigenvalue weighted by Crippen LogP contribution is -2.24. The zero-order valence-corrected chi connectivity index (χ0v) is 20.1. The minimum atomic E-state index is -3.71. The minimum absolute atomic E-state index is 0.00829. The summed E-state index contributed by atoms with van der Waals surface area (Å²) in [6.45, 7) is 0. The van der Waals surface area contributed by atoms with Gasteiger partial charge in [0.05, 0.1) is 11.4 Å². The number of anilines is 1. The van der Waals surface area contributed by atoms with Crippen molar-refractivity contribution in [1.82, 2.24) is 24.1 Å². The molecule has 1 amide bonds. The third-order valence-electron chi connectivity index (χ3n) is 4.82. The van der Waals surface area contributed by atoms with Crippen LogP contribution in [0.2, 0.25) is 0 Å². The molecular weight excluding hydrogens is 472 g/mol. The van der Waals surface area contributed by atoms with E-state index in [1.165, 1.54) is 31.9 Å². The lowest BCUT2D eigenvalue weighted by molar-refractivity contribution is -0.113. The SMILES string of the molecule is CN(C)S(=O)(=O)c1ccccc1NC(=O)CSc1nnc(-c2cccnc2)n1-c1ccccc1. The second-order valence-corrected chi connectivity index (χ2v) is 10.4. The molecule has 4 aromatic rings. The lowest BCUT2D eigenvalue weighted by Gasteiger charge is -2.15. The molecule has 0 bridgehead atoms. The Morgan fingerprint density at radius 2 is 1.74 bits per heavy atom. The molecule has 34 heavy (non-hydrogen) atoms. The smallest absolute Gasteiger partial charge is 0.244 e. The first-order valence-electron chi connectivity index (χ1n) is 10.2. The van der Waals surface area contributed by atoms with Crippen LogP contribution in [0, 0.1) is 0 Å². The van der Waals surface area contributed by atoms with Gasteiger partial charge in [0, 0.05) is 37.7 Å². The van der Waals surface area contributed by atoms with E-state index in [0.29, 0.717) is 11.0 Å². The first kappa shape index (κ1) is 23.6. The molecule has 0 atom stereocenters. The number of carbonyl (C=O) groups is 1. The summed E-state index contributed by atoms with van der Waals surface area (Å²) in [5.74, 6) is 0.246. The van der Waals surface area contributed by atoms with Crippen LogP contribution in [0.1, 0.15) is 0 Å². The number of pyridine rings is 1. The first-order chi connectivity index (χ1) is 16.4. The van der Waals surface area contributed by atoms with E-state index in [9.17, 15) is 13.2 Å². The Kier molecular flexibility index (Phi) is 7.06. The van der Waals surface area contributed by atoms with Gasteiger partial charge in [0.15, 0.2) is 11.0 Å². The molecule has 2 aromatic heterocycles. The molecule has 0 saturated heterocycles. The molecule has 0 saturated carbocycles. The highest BCUT2D eigenvalue weighted by atomic mass is 32.2. The maximum atomic E-state index is 12.8. The number of nitrogens with zero attached hydrogens (tertiary/aromatic N) is 5. The normalized spacial score (nSPS) is 11.5. The van der Waals surface area contributed by atoms with Crippen LogP contribution in [-0.2, 0) is 14.8 Å². The summed E-state index contributed by atoms with van der Waals surface area (Å²) < 4.78 is 28.2. The van der Waals surface area contributed by atoms with Crippen molar-refractivity contribution in [3.63, 3.8) is 0 Å². The quantitative estimate of drug-likeness (QED) is 0.374. The molecule has 2 heterocycles. The van der Waals surface area contributed by atoms with Crippen molar-refractivity contribution >= 4 is 33.4 Å². The molecule has 1 N–H and O–H groups in total. The largest absolute Gasteiger partial charge is 0.324 e. The van der Waals surface area contributed by atoms with Crippen molar-refractivity contribution < 1.29 is 13.2 Å². The predicted molar refractivity (Wildman–Crippen MR) is 131 cm³/mol. The molecule has 0 aliphatic carbocycles. The van der Waals surface area contributed by atoms with Gasteiger partial charge in [0.25, 0.3) is 0 Å². The summed E-state index contributed by atoms with van der Waals surface area (Å²) in [5, 5.41) is 11.8. The molecule has 0 aliphatic heterocycles. The second kappa shape index (κ2) is 10.2. The zero-order chi connectivity index (χ0) is 24.1. The molecular formula is C23H22N6O3S2. The summed E-state index contributed by atoms with van der Waals surface area (Å²) in [6.07, 6.45) is 3.38. The highest BCUT2D eigenvalue weighted by Gasteiger charge is 2.22. The molecule has 0 aliphatic rings. The van der Waals surface area contributed by atoms with Crippen LogP contribution < -0.4 is 5.32 Å². The minimum Gasteiger partial charge on any atom is -0.324 e.